The van der Waals surface area contributed by atoms with Crippen LogP contribution in [0.3, 0.4) is 0 Å². The molecule has 2 nitrogen and oxygen atoms in total. The van der Waals surface area contributed by atoms with Crippen LogP contribution in [-0.4, -0.2) is 17.8 Å². The third-order valence-corrected chi connectivity index (χ3v) is 3.88. The molecule has 0 bridgehead atoms. The number of hydrogen-bond acceptors (Lipinski definition) is 3. The van der Waals surface area contributed by atoms with Gasteiger partial charge in [-0.1, -0.05) is 0 Å². The number of halogens is 1. The minimum absolute atomic E-state index is 0.176. The molecule has 2 N–H and O–H groups in total. The van der Waals surface area contributed by atoms with Crippen molar-refractivity contribution in [1.82, 2.24) is 5.32 Å². The molecule has 1 heterocycles. The van der Waals surface area contributed by atoms with Crippen molar-refractivity contribution in [1.29, 1.82) is 0 Å². The van der Waals surface area contributed by atoms with E-state index < -0.39 is 0 Å². The van der Waals surface area contributed by atoms with Crippen LogP contribution in [-0.2, 0) is 6.54 Å². The predicted octanol–water partition coefficient (Wildman–Crippen LogP) is 2.76. The van der Waals surface area contributed by atoms with Crippen molar-refractivity contribution in [2.75, 3.05) is 6.54 Å². The van der Waals surface area contributed by atoms with Crippen molar-refractivity contribution in [2.45, 2.75) is 32.4 Å². The van der Waals surface area contributed by atoms with Gasteiger partial charge in [0.15, 0.2) is 0 Å². The zero-order chi connectivity index (χ0) is 10.4. The number of thiophene rings is 1. The fraction of sp³-hybridized carbons (Fsp3) is 0.600. The Morgan fingerprint density at radius 1 is 1.64 bits per heavy atom. The summed E-state index contributed by atoms with van der Waals surface area (Å²) in [6, 6.07) is 2.07. The van der Waals surface area contributed by atoms with Gasteiger partial charge in [-0.05, 0) is 53.7 Å². The summed E-state index contributed by atoms with van der Waals surface area (Å²) in [5, 5.41) is 14.5. The summed E-state index contributed by atoms with van der Waals surface area (Å²) >= 11 is 5.24. The Kier molecular flexibility index (Phi) is 5.70. The number of hydrogen-bond donors (Lipinski definition) is 2. The summed E-state index contributed by atoms with van der Waals surface area (Å²) in [7, 11) is 0. The first-order valence-corrected chi connectivity index (χ1v) is 6.48. The molecule has 4 heteroatoms. The van der Waals surface area contributed by atoms with Gasteiger partial charge >= 0.3 is 0 Å². The molecule has 80 valence electrons. The van der Waals surface area contributed by atoms with E-state index in [0.717, 1.165) is 25.9 Å². The lowest BCUT2D eigenvalue weighted by molar-refractivity contribution is 0.181. The molecular weight excluding hydrogens is 262 g/mol. The van der Waals surface area contributed by atoms with Gasteiger partial charge in [-0.25, -0.2) is 0 Å². The summed E-state index contributed by atoms with van der Waals surface area (Å²) in [6.45, 7) is 3.71. The number of aliphatic hydroxyl groups is 1. The van der Waals surface area contributed by atoms with Crippen LogP contribution in [0.25, 0.3) is 0 Å². The lowest BCUT2D eigenvalue weighted by Crippen LogP contribution is -2.15. The van der Waals surface area contributed by atoms with Crippen molar-refractivity contribution < 1.29 is 5.11 Å². The van der Waals surface area contributed by atoms with Crippen LogP contribution >= 0.6 is 27.3 Å². The van der Waals surface area contributed by atoms with Crippen LogP contribution in [0.2, 0.25) is 0 Å². The van der Waals surface area contributed by atoms with Crippen LogP contribution in [0, 0.1) is 0 Å². The highest BCUT2D eigenvalue weighted by atomic mass is 79.9. The molecule has 0 amide bonds. The molecular formula is C10H16BrNOS. The van der Waals surface area contributed by atoms with E-state index in [1.807, 2.05) is 6.92 Å². The molecule has 1 unspecified atom stereocenters. The molecule has 0 fully saturated rings. The van der Waals surface area contributed by atoms with Gasteiger partial charge in [-0.2, -0.15) is 0 Å². The van der Waals surface area contributed by atoms with Crippen molar-refractivity contribution in [2.24, 2.45) is 0 Å². The average molecular weight is 278 g/mol. The summed E-state index contributed by atoms with van der Waals surface area (Å²) < 4.78 is 1.19. The van der Waals surface area contributed by atoms with Crippen LogP contribution in [0.5, 0.6) is 0 Å². The van der Waals surface area contributed by atoms with E-state index in [2.05, 4.69) is 32.7 Å². The fourth-order valence-electron chi connectivity index (χ4n) is 1.18. The highest BCUT2D eigenvalue weighted by molar-refractivity contribution is 9.10. The molecule has 1 rings (SSSR count). The largest absolute Gasteiger partial charge is 0.393 e. The summed E-state index contributed by atoms with van der Waals surface area (Å²) in [4.78, 5) is 1.34. The Hall–Kier alpha value is 0.100. The first-order chi connectivity index (χ1) is 6.70. The number of aliphatic hydroxyl groups excluding tert-OH is 1. The van der Waals surface area contributed by atoms with Crippen molar-refractivity contribution in [3.8, 4) is 0 Å². The van der Waals surface area contributed by atoms with Crippen LogP contribution in [0.4, 0.5) is 0 Å². The zero-order valence-corrected chi connectivity index (χ0v) is 10.7. The Labute approximate surface area is 97.5 Å². The van der Waals surface area contributed by atoms with Crippen molar-refractivity contribution >= 4 is 27.3 Å². The number of rotatable bonds is 6. The minimum Gasteiger partial charge on any atom is -0.393 e. The van der Waals surface area contributed by atoms with Gasteiger partial charge in [-0.3, -0.25) is 0 Å². The van der Waals surface area contributed by atoms with Crippen molar-refractivity contribution in [3.63, 3.8) is 0 Å². The minimum atomic E-state index is -0.176. The molecule has 0 aromatic carbocycles. The van der Waals surface area contributed by atoms with Gasteiger partial charge in [0, 0.05) is 15.9 Å². The third kappa shape index (κ3) is 4.55. The van der Waals surface area contributed by atoms with Gasteiger partial charge < -0.3 is 10.4 Å². The van der Waals surface area contributed by atoms with E-state index in [-0.39, 0.29) is 6.10 Å². The third-order valence-electron chi connectivity index (χ3n) is 1.95. The second kappa shape index (κ2) is 6.56. The molecule has 1 aromatic rings. The second-order valence-electron chi connectivity index (χ2n) is 3.36. The number of nitrogens with one attached hydrogen (secondary N) is 1. The summed E-state index contributed by atoms with van der Waals surface area (Å²) in [5.74, 6) is 0. The Balaban J connectivity index is 2.08. The lowest BCUT2D eigenvalue weighted by Gasteiger charge is -2.05. The van der Waals surface area contributed by atoms with Crippen LogP contribution in [0.15, 0.2) is 15.9 Å². The Bertz CT molecular complexity index is 262. The average Bonchev–Trinajstić information content (AvgIpc) is 2.51. The van der Waals surface area contributed by atoms with E-state index in [4.69, 9.17) is 5.11 Å². The highest BCUT2D eigenvalue weighted by Gasteiger charge is 2.00. The van der Waals surface area contributed by atoms with Gasteiger partial charge in [0.2, 0.25) is 0 Å². The summed E-state index contributed by atoms with van der Waals surface area (Å²) in [6.07, 6.45) is 1.73. The molecule has 0 saturated heterocycles. The normalized spacial score (nSPS) is 13.1. The van der Waals surface area contributed by atoms with E-state index in [1.54, 1.807) is 11.3 Å². The zero-order valence-electron chi connectivity index (χ0n) is 8.29. The molecule has 0 spiro atoms. The predicted molar refractivity (Wildman–Crippen MR) is 64.6 cm³/mol. The molecule has 14 heavy (non-hydrogen) atoms. The molecule has 0 aliphatic rings. The van der Waals surface area contributed by atoms with Gasteiger partial charge in [0.05, 0.1) is 6.10 Å². The van der Waals surface area contributed by atoms with Crippen molar-refractivity contribution in [3.05, 3.63) is 20.8 Å². The maximum Gasteiger partial charge on any atom is 0.0512 e. The molecule has 0 radical (unpaired) electrons. The first kappa shape index (κ1) is 12.2. The Morgan fingerprint density at radius 2 is 2.43 bits per heavy atom. The van der Waals surface area contributed by atoms with Gasteiger partial charge in [0.25, 0.3) is 0 Å². The van der Waals surface area contributed by atoms with E-state index >= 15 is 0 Å². The van der Waals surface area contributed by atoms with Crippen LogP contribution in [0.1, 0.15) is 24.6 Å². The fourth-order valence-corrected chi connectivity index (χ4v) is 2.64. The highest BCUT2D eigenvalue weighted by Crippen LogP contribution is 2.21. The topological polar surface area (TPSA) is 32.3 Å². The van der Waals surface area contributed by atoms with E-state index in [1.165, 1.54) is 9.35 Å². The molecule has 0 aliphatic heterocycles. The molecule has 0 aliphatic carbocycles. The van der Waals surface area contributed by atoms with Crippen LogP contribution < -0.4 is 5.32 Å². The molecule has 1 atom stereocenters. The monoisotopic (exact) mass is 277 g/mol. The smallest absolute Gasteiger partial charge is 0.0512 e. The standard InChI is InChI=1S/C10H16BrNOS/c1-8(13)3-2-5-12-7-10-9(11)4-6-14-10/h4,6,8,12-13H,2-3,5,7H2,1H3. The summed E-state index contributed by atoms with van der Waals surface area (Å²) in [5.41, 5.74) is 0. The quantitative estimate of drug-likeness (QED) is 0.784. The SMILES string of the molecule is CC(O)CCCNCc1sccc1Br. The Morgan fingerprint density at radius 3 is 3.00 bits per heavy atom. The lowest BCUT2D eigenvalue weighted by atomic mass is 10.2. The van der Waals surface area contributed by atoms with E-state index in [0.29, 0.717) is 0 Å². The van der Waals surface area contributed by atoms with Gasteiger partial charge in [-0.15, -0.1) is 11.3 Å². The molecule has 0 saturated carbocycles. The molecule has 1 aromatic heterocycles. The maximum atomic E-state index is 9.05. The maximum absolute atomic E-state index is 9.05. The van der Waals surface area contributed by atoms with Gasteiger partial charge in [0.1, 0.15) is 0 Å². The van der Waals surface area contributed by atoms with E-state index in [9.17, 15) is 0 Å². The second-order valence-corrected chi connectivity index (χ2v) is 5.21. The first-order valence-electron chi connectivity index (χ1n) is 4.81.